The van der Waals surface area contributed by atoms with Gasteiger partial charge in [-0.05, 0) is 32.1 Å². The first-order valence-electron chi connectivity index (χ1n) is 7.92. The van der Waals surface area contributed by atoms with Crippen molar-refractivity contribution >= 4 is 11.8 Å². The van der Waals surface area contributed by atoms with E-state index in [0.717, 1.165) is 12.8 Å². The fourth-order valence-electron chi connectivity index (χ4n) is 3.77. The number of hydrogen-bond donors (Lipinski definition) is 2. The number of imide groups is 1. The fourth-order valence-corrected chi connectivity index (χ4v) is 3.77. The minimum Gasteiger partial charge on any atom is -0.370 e. The molecule has 1 saturated carbocycles. The van der Waals surface area contributed by atoms with Crippen molar-refractivity contribution in [3.05, 3.63) is 0 Å². The van der Waals surface area contributed by atoms with Crippen molar-refractivity contribution in [3.8, 4) is 0 Å². The van der Waals surface area contributed by atoms with Gasteiger partial charge in [-0.25, -0.2) is 0 Å². The van der Waals surface area contributed by atoms with E-state index in [2.05, 4.69) is 10.6 Å². The molecule has 0 bridgehead atoms. The normalized spacial score (nSPS) is 33.4. The molecule has 3 aliphatic rings. The lowest BCUT2D eigenvalue weighted by Crippen LogP contribution is -2.52. The van der Waals surface area contributed by atoms with E-state index in [1.807, 2.05) is 0 Å². The molecule has 0 aromatic carbocycles. The predicted octanol–water partition coefficient (Wildman–Crippen LogP) is 1.26. The van der Waals surface area contributed by atoms with Crippen molar-refractivity contribution in [2.24, 2.45) is 0 Å². The van der Waals surface area contributed by atoms with E-state index >= 15 is 0 Å². The number of amides is 2. The Balaban J connectivity index is 1.45. The first-order chi connectivity index (χ1) is 9.67. The van der Waals surface area contributed by atoms with Crippen LogP contribution in [-0.2, 0) is 14.3 Å². The van der Waals surface area contributed by atoms with Crippen molar-refractivity contribution in [1.29, 1.82) is 0 Å². The Hall–Kier alpha value is -0.940. The number of carbonyl (C=O) groups is 2. The monoisotopic (exact) mass is 280 g/mol. The van der Waals surface area contributed by atoms with Gasteiger partial charge in [-0.2, -0.15) is 0 Å². The molecular weight excluding hydrogens is 256 g/mol. The summed E-state index contributed by atoms with van der Waals surface area (Å²) >= 11 is 0. The van der Waals surface area contributed by atoms with Crippen molar-refractivity contribution < 1.29 is 14.3 Å². The lowest BCUT2D eigenvalue weighted by atomic mass is 9.83. The average Bonchev–Trinajstić information content (AvgIpc) is 2.82. The van der Waals surface area contributed by atoms with Gasteiger partial charge in [0.1, 0.15) is 0 Å². The highest BCUT2D eigenvalue weighted by atomic mass is 16.5. The van der Waals surface area contributed by atoms with Gasteiger partial charge in [0, 0.05) is 13.0 Å². The third-order valence-electron chi connectivity index (χ3n) is 4.93. The highest BCUT2D eigenvalue weighted by Crippen LogP contribution is 2.41. The molecule has 0 aromatic rings. The third-order valence-corrected chi connectivity index (χ3v) is 4.93. The largest absolute Gasteiger partial charge is 0.370 e. The van der Waals surface area contributed by atoms with Crippen LogP contribution in [0.5, 0.6) is 0 Å². The molecule has 20 heavy (non-hydrogen) atoms. The van der Waals surface area contributed by atoms with Gasteiger partial charge in [-0.3, -0.25) is 14.9 Å². The number of rotatable bonds is 3. The zero-order valence-electron chi connectivity index (χ0n) is 12.0. The summed E-state index contributed by atoms with van der Waals surface area (Å²) < 4.78 is 6.28. The summed E-state index contributed by atoms with van der Waals surface area (Å²) in [6.07, 6.45) is 9.80. The maximum absolute atomic E-state index is 11.7. The number of ether oxygens (including phenoxy) is 1. The van der Waals surface area contributed by atoms with Crippen LogP contribution >= 0.6 is 0 Å². The molecule has 2 aliphatic heterocycles. The van der Waals surface area contributed by atoms with Gasteiger partial charge >= 0.3 is 0 Å². The van der Waals surface area contributed by atoms with E-state index in [9.17, 15) is 9.59 Å². The van der Waals surface area contributed by atoms with Gasteiger partial charge in [0.15, 0.2) is 0 Å². The van der Waals surface area contributed by atoms with Crippen LogP contribution in [0.25, 0.3) is 0 Å². The Morgan fingerprint density at radius 3 is 2.70 bits per heavy atom. The standard InChI is InChI=1S/C15H24N2O3/c18-13-5-4-12(14(19)17-13)16-10-11-6-9-15(20-11)7-2-1-3-8-15/h11-12,16H,1-10H2,(H,17,18,19). The molecular formula is C15H24N2O3. The van der Waals surface area contributed by atoms with E-state index in [1.54, 1.807) is 0 Å². The minimum atomic E-state index is -0.237. The lowest BCUT2D eigenvalue weighted by molar-refractivity contribution is -0.134. The summed E-state index contributed by atoms with van der Waals surface area (Å²) in [7, 11) is 0. The van der Waals surface area contributed by atoms with E-state index in [0.29, 0.717) is 19.4 Å². The lowest BCUT2D eigenvalue weighted by Gasteiger charge is -2.33. The second-order valence-corrected chi connectivity index (χ2v) is 6.43. The Kier molecular flexibility index (Phi) is 4.08. The quantitative estimate of drug-likeness (QED) is 0.764. The van der Waals surface area contributed by atoms with Gasteiger partial charge in [0.2, 0.25) is 11.8 Å². The van der Waals surface area contributed by atoms with Crippen LogP contribution in [0.1, 0.15) is 57.8 Å². The predicted molar refractivity (Wildman–Crippen MR) is 74.1 cm³/mol. The topological polar surface area (TPSA) is 67.4 Å². The SMILES string of the molecule is O=C1CCC(NCC2CCC3(CCCCC3)O2)C(=O)N1. The maximum Gasteiger partial charge on any atom is 0.243 e. The molecule has 2 unspecified atom stereocenters. The van der Waals surface area contributed by atoms with Gasteiger partial charge < -0.3 is 10.1 Å². The molecule has 3 rings (SSSR count). The Bertz CT molecular complexity index is 391. The zero-order valence-corrected chi connectivity index (χ0v) is 12.0. The number of hydrogen-bond acceptors (Lipinski definition) is 4. The minimum absolute atomic E-state index is 0.134. The fraction of sp³-hybridized carbons (Fsp3) is 0.867. The first-order valence-corrected chi connectivity index (χ1v) is 7.92. The number of nitrogens with one attached hydrogen (secondary N) is 2. The second-order valence-electron chi connectivity index (χ2n) is 6.43. The molecule has 2 atom stereocenters. The molecule has 3 fully saturated rings. The van der Waals surface area contributed by atoms with Crippen molar-refractivity contribution in [3.63, 3.8) is 0 Å². The van der Waals surface area contributed by atoms with E-state index < -0.39 is 0 Å². The van der Waals surface area contributed by atoms with Crippen LogP contribution in [0.2, 0.25) is 0 Å². The van der Waals surface area contributed by atoms with Gasteiger partial charge in [0.05, 0.1) is 17.7 Å². The summed E-state index contributed by atoms with van der Waals surface area (Å²) in [5.74, 6) is -0.349. The number of piperidine rings is 1. The summed E-state index contributed by atoms with van der Waals surface area (Å²) in [5, 5.41) is 5.65. The first kappa shape index (κ1) is 14.0. The molecule has 0 aromatic heterocycles. The third kappa shape index (κ3) is 3.04. The van der Waals surface area contributed by atoms with Crippen molar-refractivity contribution in [2.45, 2.75) is 75.5 Å². The van der Waals surface area contributed by atoms with Crippen LogP contribution in [0.4, 0.5) is 0 Å². The molecule has 2 N–H and O–H groups in total. The van der Waals surface area contributed by atoms with Crippen LogP contribution in [0.3, 0.4) is 0 Å². The molecule has 112 valence electrons. The highest BCUT2D eigenvalue weighted by Gasteiger charge is 2.41. The Morgan fingerprint density at radius 2 is 1.95 bits per heavy atom. The summed E-state index contributed by atoms with van der Waals surface area (Å²) in [4.78, 5) is 22.8. The van der Waals surface area contributed by atoms with Crippen molar-refractivity contribution in [2.75, 3.05) is 6.54 Å². The Morgan fingerprint density at radius 1 is 1.15 bits per heavy atom. The zero-order chi connectivity index (χ0) is 14.0. The molecule has 5 heteroatoms. The van der Waals surface area contributed by atoms with Crippen molar-refractivity contribution in [1.82, 2.24) is 10.6 Å². The maximum atomic E-state index is 11.7. The van der Waals surface area contributed by atoms with Crippen LogP contribution in [0, 0.1) is 0 Å². The summed E-state index contributed by atoms with van der Waals surface area (Å²) in [6, 6.07) is -0.237. The molecule has 2 saturated heterocycles. The number of carbonyl (C=O) groups excluding carboxylic acids is 2. The molecule has 1 aliphatic carbocycles. The van der Waals surface area contributed by atoms with E-state index in [4.69, 9.17) is 4.74 Å². The van der Waals surface area contributed by atoms with Crippen LogP contribution in [-0.4, -0.2) is 36.1 Å². The molecule has 2 heterocycles. The van der Waals surface area contributed by atoms with Crippen LogP contribution < -0.4 is 10.6 Å². The summed E-state index contributed by atoms with van der Waals surface area (Å²) in [6.45, 7) is 0.716. The highest BCUT2D eigenvalue weighted by molar-refractivity contribution is 6.00. The smallest absolute Gasteiger partial charge is 0.243 e. The molecule has 5 nitrogen and oxygen atoms in total. The van der Waals surface area contributed by atoms with Crippen LogP contribution in [0.15, 0.2) is 0 Å². The van der Waals surface area contributed by atoms with Gasteiger partial charge in [-0.1, -0.05) is 19.3 Å². The second kappa shape index (κ2) is 5.82. The average molecular weight is 280 g/mol. The van der Waals surface area contributed by atoms with Gasteiger partial charge in [-0.15, -0.1) is 0 Å². The molecule has 2 amide bonds. The Labute approximate surface area is 119 Å². The van der Waals surface area contributed by atoms with E-state index in [1.165, 1.54) is 32.1 Å². The van der Waals surface area contributed by atoms with Gasteiger partial charge in [0.25, 0.3) is 0 Å². The molecule has 1 spiro atoms. The summed E-state index contributed by atoms with van der Waals surface area (Å²) in [5.41, 5.74) is 0.134. The molecule has 0 radical (unpaired) electrons. The van der Waals surface area contributed by atoms with E-state index in [-0.39, 0.29) is 29.6 Å².